The summed E-state index contributed by atoms with van der Waals surface area (Å²) >= 11 is 5.70. The van der Waals surface area contributed by atoms with E-state index in [1.54, 1.807) is 0 Å². The summed E-state index contributed by atoms with van der Waals surface area (Å²) in [7, 11) is 0. The molecule has 0 bridgehead atoms. The zero-order chi connectivity index (χ0) is 21.0. The molecule has 29 heavy (non-hydrogen) atoms. The fraction of sp³-hybridized carbons (Fsp3) is 0.105. The van der Waals surface area contributed by atoms with E-state index >= 15 is 0 Å². The van der Waals surface area contributed by atoms with Crippen molar-refractivity contribution in [3.05, 3.63) is 86.7 Å². The molecule has 150 valence electrons. The minimum absolute atomic E-state index is 0.0648. The number of nitro groups is 1. The predicted molar refractivity (Wildman–Crippen MR) is 99.0 cm³/mol. The maximum atomic E-state index is 14.0. The zero-order valence-corrected chi connectivity index (χ0v) is 15.4. The standard InChI is InChI=1S/C19H13ClF2N2O5/c20-18-4-2-13(8-23-18)29-17-7-11(1-3-16(17)24(26)27)10-28-19-14(21)5-12(9-25)6-15(19)22/h1-8,25H,9-10H2. The van der Waals surface area contributed by atoms with Gasteiger partial charge >= 0.3 is 5.69 Å². The van der Waals surface area contributed by atoms with Crippen molar-refractivity contribution in [2.75, 3.05) is 0 Å². The molecule has 0 aliphatic heterocycles. The van der Waals surface area contributed by atoms with Crippen molar-refractivity contribution in [1.82, 2.24) is 4.98 Å². The third kappa shape index (κ3) is 4.95. The number of aliphatic hydroxyl groups excluding tert-OH is 1. The van der Waals surface area contributed by atoms with Crippen molar-refractivity contribution < 1.29 is 28.3 Å². The molecule has 1 aromatic heterocycles. The second-order valence-corrected chi connectivity index (χ2v) is 6.20. The second-order valence-electron chi connectivity index (χ2n) is 5.81. The van der Waals surface area contributed by atoms with Crippen LogP contribution in [0.2, 0.25) is 5.15 Å². The number of ether oxygens (including phenoxy) is 2. The van der Waals surface area contributed by atoms with Crippen molar-refractivity contribution in [3.8, 4) is 17.2 Å². The summed E-state index contributed by atoms with van der Waals surface area (Å²) in [5.74, 6) is -2.45. The van der Waals surface area contributed by atoms with Gasteiger partial charge in [0.05, 0.1) is 17.7 Å². The topological polar surface area (TPSA) is 94.7 Å². The van der Waals surface area contributed by atoms with E-state index in [0.29, 0.717) is 5.56 Å². The number of nitrogens with zero attached hydrogens (tertiary/aromatic N) is 2. The molecule has 0 radical (unpaired) electrons. The van der Waals surface area contributed by atoms with Gasteiger partial charge in [-0.2, -0.15) is 0 Å². The first kappa shape index (κ1) is 20.4. The molecule has 3 aromatic rings. The Morgan fingerprint density at radius 3 is 2.41 bits per heavy atom. The second kappa shape index (κ2) is 8.80. The summed E-state index contributed by atoms with van der Waals surface area (Å²) in [6.07, 6.45) is 1.29. The van der Waals surface area contributed by atoms with Gasteiger partial charge in [-0.1, -0.05) is 11.6 Å². The molecule has 10 heteroatoms. The summed E-state index contributed by atoms with van der Waals surface area (Å²) in [6, 6.07) is 8.74. The largest absolute Gasteiger partial charge is 0.483 e. The van der Waals surface area contributed by atoms with Crippen LogP contribution >= 0.6 is 11.6 Å². The van der Waals surface area contributed by atoms with Crippen molar-refractivity contribution >= 4 is 17.3 Å². The molecule has 0 saturated carbocycles. The van der Waals surface area contributed by atoms with E-state index in [2.05, 4.69) is 4.98 Å². The third-order valence-electron chi connectivity index (χ3n) is 3.77. The van der Waals surface area contributed by atoms with E-state index in [4.69, 9.17) is 26.2 Å². The van der Waals surface area contributed by atoms with Gasteiger partial charge < -0.3 is 14.6 Å². The Bertz CT molecular complexity index is 1020. The summed E-state index contributed by atoms with van der Waals surface area (Å²) in [4.78, 5) is 14.4. The number of aromatic nitrogens is 1. The van der Waals surface area contributed by atoms with Crippen LogP contribution in [0.4, 0.5) is 14.5 Å². The summed E-state index contributed by atoms with van der Waals surface area (Å²) in [5.41, 5.74) is 0.126. The van der Waals surface area contributed by atoms with Crippen LogP contribution in [0.25, 0.3) is 0 Å². The van der Waals surface area contributed by atoms with E-state index in [9.17, 15) is 18.9 Å². The van der Waals surface area contributed by atoms with Crippen LogP contribution in [0.1, 0.15) is 11.1 Å². The van der Waals surface area contributed by atoms with Crippen molar-refractivity contribution in [3.63, 3.8) is 0 Å². The number of aliphatic hydroxyl groups is 1. The number of pyridine rings is 1. The van der Waals surface area contributed by atoms with Gasteiger partial charge in [0.15, 0.2) is 17.4 Å². The Labute approximate surface area is 168 Å². The maximum Gasteiger partial charge on any atom is 0.311 e. The van der Waals surface area contributed by atoms with Gasteiger partial charge in [-0.25, -0.2) is 13.8 Å². The number of halogens is 3. The van der Waals surface area contributed by atoms with Crippen LogP contribution in [0.3, 0.4) is 0 Å². The summed E-state index contributed by atoms with van der Waals surface area (Å²) in [5, 5.41) is 20.4. The molecule has 0 aliphatic carbocycles. The van der Waals surface area contributed by atoms with Crippen LogP contribution in [0.15, 0.2) is 48.7 Å². The fourth-order valence-electron chi connectivity index (χ4n) is 2.43. The maximum absolute atomic E-state index is 14.0. The molecule has 0 fully saturated rings. The van der Waals surface area contributed by atoms with E-state index < -0.39 is 28.9 Å². The monoisotopic (exact) mass is 422 g/mol. The number of hydrogen-bond acceptors (Lipinski definition) is 6. The van der Waals surface area contributed by atoms with Crippen LogP contribution in [0, 0.1) is 21.7 Å². The van der Waals surface area contributed by atoms with Crippen LogP contribution in [-0.2, 0) is 13.2 Å². The van der Waals surface area contributed by atoms with Crippen LogP contribution < -0.4 is 9.47 Å². The smallest absolute Gasteiger partial charge is 0.311 e. The Morgan fingerprint density at radius 2 is 1.83 bits per heavy atom. The highest BCUT2D eigenvalue weighted by atomic mass is 35.5. The lowest BCUT2D eigenvalue weighted by molar-refractivity contribution is -0.385. The highest BCUT2D eigenvalue weighted by molar-refractivity contribution is 6.29. The van der Waals surface area contributed by atoms with Gasteiger partial charge in [-0.15, -0.1) is 0 Å². The predicted octanol–water partition coefficient (Wildman–Crippen LogP) is 4.79. The highest BCUT2D eigenvalue weighted by Gasteiger charge is 2.18. The first-order valence-electron chi connectivity index (χ1n) is 8.15. The normalized spacial score (nSPS) is 10.6. The van der Waals surface area contributed by atoms with Gasteiger partial charge in [0.2, 0.25) is 5.75 Å². The number of nitro benzene ring substituents is 1. The lowest BCUT2D eigenvalue weighted by atomic mass is 10.2. The minimum Gasteiger partial charge on any atom is -0.483 e. The first-order chi connectivity index (χ1) is 13.9. The Balaban J connectivity index is 1.83. The molecule has 0 saturated heterocycles. The Hall–Kier alpha value is -3.30. The van der Waals surface area contributed by atoms with Crippen molar-refractivity contribution in [2.45, 2.75) is 13.2 Å². The molecule has 0 spiro atoms. The van der Waals surface area contributed by atoms with Gasteiger partial charge in [0, 0.05) is 6.07 Å². The van der Waals surface area contributed by atoms with Gasteiger partial charge in [0.1, 0.15) is 17.5 Å². The van der Waals surface area contributed by atoms with Gasteiger partial charge in [0.25, 0.3) is 0 Å². The molecule has 0 aliphatic rings. The molecular formula is C19H13ClF2N2O5. The summed E-state index contributed by atoms with van der Waals surface area (Å²) < 4.78 is 38.6. The van der Waals surface area contributed by atoms with E-state index in [0.717, 1.165) is 12.1 Å². The van der Waals surface area contributed by atoms with E-state index in [1.165, 1.54) is 36.5 Å². The highest BCUT2D eigenvalue weighted by Crippen LogP contribution is 2.33. The molecule has 7 nitrogen and oxygen atoms in total. The van der Waals surface area contributed by atoms with Gasteiger partial charge in [-0.05, 0) is 47.5 Å². The van der Waals surface area contributed by atoms with Gasteiger partial charge in [-0.3, -0.25) is 10.1 Å². The summed E-state index contributed by atoms with van der Waals surface area (Å²) in [6.45, 7) is -0.795. The van der Waals surface area contributed by atoms with Crippen LogP contribution in [0.5, 0.6) is 17.2 Å². The molecule has 2 aromatic carbocycles. The lowest BCUT2D eigenvalue weighted by Gasteiger charge is -2.11. The van der Waals surface area contributed by atoms with Crippen LogP contribution in [-0.4, -0.2) is 15.0 Å². The SMILES string of the molecule is O=[N+]([O-])c1ccc(COc2c(F)cc(CO)cc2F)cc1Oc1ccc(Cl)nc1. The molecule has 0 unspecified atom stereocenters. The number of benzene rings is 2. The van der Waals surface area contributed by atoms with Crippen molar-refractivity contribution in [1.29, 1.82) is 0 Å². The number of hydrogen-bond donors (Lipinski definition) is 1. The molecule has 0 amide bonds. The average molecular weight is 423 g/mol. The minimum atomic E-state index is -0.973. The van der Waals surface area contributed by atoms with E-state index in [-0.39, 0.29) is 34.5 Å². The molecule has 1 heterocycles. The van der Waals surface area contributed by atoms with E-state index in [1.807, 2.05) is 0 Å². The van der Waals surface area contributed by atoms with Crippen molar-refractivity contribution in [2.24, 2.45) is 0 Å². The number of rotatable bonds is 7. The molecule has 1 N–H and O–H groups in total. The fourth-order valence-corrected chi connectivity index (χ4v) is 2.54. The molecular weight excluding hydrogens is 410 g/mol. The average Bonchev–Trinajstić information content (AvgIpc) is 2.69. The Morgan fingerprint density at radius 1 is 1.10 bits per heavy atom. The zero-order valence-electron chi connectivity index (χ0n) is 14.6. The third-order valence-corrected chi connectivity index (χ3v) is 4.00. The molecule has 0 atom stereocenters. The quantitative estimate of drug-likeness (QED) is 0.334. The first-order valence-corrected chi connectivity index (χ1v) is 8.53. The molecule has 3 rings (SSSR count). The Kier molecular flexibility index (Phi) is 6.20. The lowest BCUT2D eigenvalue weighted by Crippen LogP contribution is -2.02.